The van der Waals surface area contributed by atoms with E-state index in [1.807, 2.05) is 33.7 Å². The Labute approximate surface area is 332 Å². The summed E-state index contributed by atoms with van der Waals surface area (Å²) in [5.74, 6) is -3.90. The quantitative estimate of drug-likeness (QED) is 0.352. The van der Waals surface area contributed by atoms with Gasteiger partial charge in [-0.2, -0.15) is 8.42 Å². The highest BCUT2D eigenvalue weighted by Crippen LogP contribution is 2.53. The van der Waals surface area contributed by atoms with E-state index in [0.717, 1.165) is 44.7 Å². The van der Waals surface area contributed by atoms with E-state index in [2.05, 4.69) is 17.9 Å². The maximum atomic E-state index is 13.8. The average molecular weight is 820 g/mol. The van der Waals surface area contributed by atoms with Crippen molar-refractivity contribution >= 4 is 39.3 Å². The topological polar surface area (TPSA) is 141 Å². The third-order valence-corrected chi connectivity index (χ3v) is 13.9. The summed E-state index contributed by atoms with van der Waals surface area (Å²) in [6.45, 7) is 4.10. The predicted molar refractivity (Wildman–Crippen MR) is 208 cm³/mol. The van der Waals surface area contributed by atoms with Gasteiger partial charge in [-0.15, -0.1) is 0 Å². The van der Waals surface area contributed by atoms with Crippen LogP contribution in [0.15, 0.2) is 48.6 Å². The first-order valence-corrected chi connectivity index (χ1v) is 21.2. The molecule has 0 radical (unpaired) electrons. The van der Waals surface area contributed by atoms with Gasteiger partial charge in [0, 0.05) is 50.7 Å². The minimum Gasteiger partial charge on any atom is -0.490 e. The zero-order valence-corrected chi connectivity index (χ0v) is 33.7. The second-order valence-corrected chi connectivity index (χ2v) is 18.7. The van der Waals surface area contributed by atoms with Gasteiger partial charge in [-0.1, -0.05) is 42.8 Å². The van der Waals surface area contributed by atoms with Crippen molar-refractivity contribution in [2.24, 2.45) is 11.3 Å². The number of nitrogens with one attached hydrogen (secondary N) is 2. The number of alkyl halides is 2. The Kier molecular flexibility index (Phi) is 11.3. The number of anilines is 1. The molecule has 2 fully saturated rings. The summed E-state index contributed by atoms with van der Waals surface area (Å²) in [4.78, 5) is 32.9. The number of hydrogen-bond acceptors (Lipinski definition) is 9. The number of amides is 2. The lowest BCUT2D eigenvalue weighted by molar-refractivity contribution is -0.148. The molecule has 7 rings (SSSR count). The van der Waals surface area contributed by atoms with Gasteiger partial charge in [-0.05, 0) is 90.8 Å². The Morgan fingerprint density at radius 1 is 1.12 bits per heavy atom. The second kappa shape index (κ2) is 15.4. The molecule has 0 aromatic heterocycles. The van der Waals surface area contributed by atoms with E-state index in [9.17, 15) is 31.9 Å². The summed E-state index contributed by atoms with van der Waals surface area (Å²) < 4.78 is 69.3. The Bertz CT molecular complexity index is 1980. The fourth-order valence-electron chi connectivity index (χ4n) is 9.28. The number of aliphatic hydroxyl groups is 1. The van der Waals surface area contributed by atoms with Crippen LogP contribution in [0.4, 0.5) is 14.5 Å². The van der Waals surface area contributed by atoms with Crippen LogP contribution < -0.4 is 19.1 Å². The Morgan fingerprint density at radius 3 is 2.62 bits per heavy atom. The summed E-state index contributed by atoms with van der Waals surface area (Å²) >= 11 is 6.47. The molecule has 1 unspecified atom stereocenters. The summed E-state index contributed by atoms with van der Waals surface area (Å²) in [6, 6.07) is 10.9. The molecule has 5 aliphatic rings. The van der Waals surface area contributed by atoms with E-state index in [1.54, 1.807) is 24.1 Å². The lowest BCUT2D eigenvalue weighted by atomic mass is 9.58. The van der Waals surface area contributed by atoms with Crippen molar-refractivity contribution < 1.29 is 41.4 Å². The number of carbonyl (C=O) groups is 2. The van der Waals surface area contributed by atoms with Crippen molar-refractivity contribution in [2.75, 3.05) is 71.5 Å². The largest absolute Gasteiger partial charge is 0.490 e. The van der Waals surface area contributed by atoms with Crippen LogP contribution in [0.5, 0.6) is 5.75 Å². The number of hydrogen-bond donors (Lipinski definition) is 3. The van der Waals surface area contributed by atoms with E-state index >= 15 is 0 Å². The molecule has 2 aliphatic carbocycles. The van der Waals surface area contributed by atoms with Gasteiger partial charge < -0.3 is 24.4 Å². The van der Waals surface area contributed by atoms with Gasteiger partial charge in [-0.25, -0.2) is 18.2 Å². The van der Waals surface area contributed by atoms with Gasteiger partial charge >= 0.3 is 10.2 Å². The van der Waals surface area contributed by atoms with E-state index < -0.39 is 45.4 Å². The predicted octanol–water partition coefficient (Wildman–Crippen LogP) is 4.14. The first-order chi connectivity index (χ1) is 26.4. The number of fused-ring (bicyclic) bond motifs is 4. The van der Waals surface area contributed by atoms with Crippen molar-refractivity contribution in [2.45, 2.75) is 74.9 Å². The highest BCUT2D eigenvalue weighted by atomic mass is 35.5. The van der Waals surface area contributed by atoms with Crippen LogP contribution in [0.2, 0.25) is 5.02 Å². The molecule has 16 heteroatoms. The van der Waals surface area contributed by atoms with Crippen LogP contribution in [0.1, 0.15) is 62.1 Å². The van der Waals surface area contributed by atoms with Gasteiger partial charge in [0.25, 0.3) is 11.8 Å². The molecule has 12 nitrogen and oxygen atoms in total. The molecule has 1 saturated heterocycles. The number of likely N-dealkylation sites (tertiary alicyclic amines) is 1. The molecule has 3 aliphatic heterocycles. The molecule has 1 saturated carbocycles. The molecule has 2 aromatic carbocycles. The van der Waals surface area contributed by atoms with Crippen molar-refractivity contribution in [3.63, 3.8) is 0 Å². The normalized spacial score (nSPS) is 31.2. The highest BCUT2D eigenvalue weighted by Gasteiger charge is 2.51. The lowest BCUT2D eigenvalue weighted by Gasteiger charge is -2.53. The third-order valence-electron chi connectivity index (χ3n) is 12.7. The Hall–Kier alpha value is -3.34. The van der Waals surface area contributed by atoms with E-state index in [4.69, 9.17) is 21.1 Å². The fourth-order valence-corrected chi connectivity index (χ4v) is 9.99. The van der Waals surface area contributed by atoms with Gasteiger partial charge in [0.1, 0.15) is 5.75 Å². The maximum absolute atomic E-state index is 13.8. The summed E-state index contributed by atoms with van der Waals surface area (Å²) in [5.41, 5.74) is -0.311. The maximum Gasteiger partial charge on any atom is 0.301 e. The fraction of sp³-hybridized carbons (Fsp3) is 0.600. The smallest absolute Gasteiger partial charge is 0.301 e. The number of nitrogens with zero attached hydrogens (tertiary/aromatic N) is 3. The zero-order valence-electron chi connectivity index (χ0n) is 32.2. The molecule has 3 N–H and O–H groups in total. The first-order valence-electron chi connectivity index (χ1n) is 19.4. The average Bonchev–Trinajstić information content (AvgIpc) is 3.27. The summed E-state index contributed by atoms with van der Waals surface area (Å²) in [5, 5.41) is 12.9. The molecule has 2 amide bonds. The molecule has 2 bridgehead atoms. The number of aryl methyl sites for hydroxylation is 1. The molecule has 2 aromatic rings. The Balaban J connectivity index is 1.30. The van der Waals surface area contributed by atoms with Crippen LogP contribution in [0.3, 0.4) is 0 Å². The van der Waals surface area contributed by atoms with E-state index in [1.165, 1.54) is 16.5 Å². The molecule has 5 atom stereocenters. The third kappa shape index (κ3) is 8.17. The van der Waals surface area contributed by atoms with Crippen molar-refractivity contribution in [3.8, 4) is 5.75 Å². The second-order valence-electron chi connectivity index (χ2n) is 16.7. The number of halogens is 3. The van der Waals surface area contributed by atoms with Crippen LogP contribution in [-0.4, -0.2) is 114 Å². The van der Waals surface area contributed by atoms with Gasteiger partial charge in [0.15, 0.2) is 5.60 Å². The van der Waals surface area contributed by atoms with Crippen molar-refractivity contribution in [1.29, 1.82) is 0 Å². The number of rotatable bonds is 7. The SMILES string of the molecule is CNS(=O)(=O)NC(=O)[C@@]1(O)CC(=O)N(C)CC/C=C/[C@H](OCCN2CC(F)(F)C2)[C@@H]2CCC2(C)CN2C[C@@]3(CCCc4cc(Cl)ccc43)COc3ccc1cc32. The number of benzene rings is 2. The summed E-state index contributed by atoms with van der Waals surface area (Å²) in [6.07, 6.45) is 7.81. The molecular formula is C40H52ClF2N5O7S. The van der Waals surface area contributed by atoms with Crippen molar-refractivity contribution in [3.05, 3.63) is 70.3 Å². The van der Waals surface area contributed by atoms with Crippen LogP contribution >= 0.6 is 11.6 Å². The van der Waals surface area contributed by atoms with Crippen LogP contribution in [0.25, 0.3) is 0 Å². The molecular weight excluding hydrogens is 768 g/mol. The Morgan fingerprint density at radius 2 is 1.91 bits per heavy atom. The number of ether oxygens (including phenoxy) is 2. The molecule has 1 spiro atoms. The van der Waals surface area contributed by atoms with E-state index in [0.29, 0.717) is 55.7 Å². The minimum atomic E-state index is -4.34. The number of carbonyl (C=O) groups excluding carboxylic acids is 2. The monoisotopic (exact) mass is 819 g/mol. The first kappa shape index (κ1) is 40.8. The molecule has 3 heterocycles. The minimum absolute atomic E-state index is 0.0438. The van der Waals surface area contributed by atoms with Gasteiger partial charge in [-0.3, -0.25) is 14.5 Å². The van der Waals surface area contributed by atoms with Crippen LogP contribution in [0, 0.1) is 11.3 Å². The summed E-state index contributed by atoms with van der Waals surface area (Å²) in [7, 11) is -1.65. The highest BCUT2D eigenvalue weighted by molar-refractivity contribution is 7.88. The molecule has 56 heavy (non-hydrogen) atoms. The van der Waals surface area contributed by atoms with Gasteiger partial charge in [0.05, 0.1) is 44.5 Å². The molecule has 306 valence electrons. The zero-order chi connectivity index (χ0) is 40.1. The van der Waals surface area contributed by atoms with Gasteiger partial charge in [0.2, 0.25) is 5.91 Å². The van der Waals surface area contributed by atoms with E-state index in [-0.39, 0.29) is 42.6 Å². The standard InChI is InChI=1S/C40H52ClF2N5O7S/c1-37-15-13-31(37)33(54-18-17-47-24-39(42,43)25-47)8-4-5-16-46(3)35(49)21-40(51,36(50)45-56(52,53)44-2)28-9-12-34-32(20-28)48(22-37)23-38(26-55-34)14-6-7-27-19-29(41)10-11-30(27)38/h4,8-12,19-20,31,33,44,51H,5-7,13-18,21-26H2,1-3H3,(H,45,50)/b8-4+/t31-,33-,37?,38-,40+/m0/s1. The van der Waals surface area contributed by atoms with Crippen LogP contribution in [-0.2, 0) is 42.0 Å². The lowest BCUT2D eigenvalue weighted by Crippen LogP contribution is -2.57. The van der Waals surface area contributed by atoms with Crippen molar-refractivity contribution in [1.82, 2.24) is 19.2 Å².